The number of piperidine rings is 1. The number of rotatable bonds is 9. The maximum Gasteiger partial charge on any atom is 0.224 e. The van der Waals surface area contributed by atoms with Crippen molar-refractivity contribution < 1.29 is 23.4 Å². The van der Waals surface area contributed by atoms with Crippen LogP contribution in [-0.2, 0) is 11.3 Å². The van der Waals surface area contributed by atoms with E-state index < -0.39 is 0 Å². The summed E-state index contributed by atoms with van der Waals surface area (Å²) in [5.41, 5.74) is 1.10. The van der Waals surface area contributed by atoms with E-state index in [4.69, 9.17) is 14.2 Å². The van der Waals surface area contributed by atoms with Crippen LogP contribution in [0.5, 0.6) is 17.2 Å². The average molecular weight is 485 g/mol. The fourth-order valence-corrected chi connectivity index (χ4v) is 5.32. The summed E-state index contributed by atoms with van der Waals surface area (Å²) in [5, 5.41) is 3.32. The third-order valence-corrected chi connectivity index (χ3v) is 7.07. The van der Waals surface area contributed by atoms with Crippen LogP contribution >= 0.6 is 0 Å². The zero-order valence-electron chi connectivity index (χ0n) is 20.8. The highest BCUT2D eigenvalue weighted by Gasteiger charge is 2.33. The van der Waals surface area contributed by atoms with Crippen LogP contribution < -0.4 is 19.5 Å². The van der Waals surface area contributed by atoms with E-state index in [1.807, 2.05) is 18.2 Å². The van der Waals surface area contributed by atoms with Crippen molar-refractivity contribution in [1.82, 2.24) is 10.2 Å². The summed E-state index contributed by atoms with van der Waals surface area (Å²) in [7, 11) is 3.26. The van der Waals surface area contributed by atoms with Crippen molar-refractivity contribution in [2.45, 2.75) is 51.1 Å². The minimum atomic E-state index is -0.314. The Morgan fingerprint density at radius 2 is 1.83 bits per heavy atom. The van der Waals surface area contributed by atoms with Crippen LogP contribution in [0.3, 0.4) is 0 Å². The van der Waals surface area contributed by atoms with E-state index >= 15 is 0 Å². The number of halogens is 1. The standard InChI is InChI=1S/C28H37FN2O4/c1-33-26-12-11-20(14-27(26)34-2)16-31-17-21(19-35-25-10-6-7-23(29)15-25)13-22(18-31)28(32)30-24-8-4-3-5-9-24/h6-7,10-12,14-15,21-22,24H,3-5,8-9,13,16-19H2,1-2H3,(H,30,32)/t21-,22+/m0/s1. The van der Waals surface area contributed by atoms with Gasteiger partial charge in [-0.05, 0) is 49.1 Å². The molecule has 1 saturated carbocycles. The molecule has 1 aliphatic heterocycles. The number of amides is 1. The lowest BCUT2D eigenvalue weighted by molar-refractivity contribution is -0.128. The summed E-state index contributed by atoms with van der Waals surface area (Å²) >= 11 is 0. The van der Waals surface area contributed by atoms with Crippen LogP contribution in [0.4, 0.5) is 4.39 Å². The van der Waals surface area contributed by atoms with Gasteiger partial charge in [-0.1, -0.05) is 31.4 Å². The van der Waals surface area contributed by atoms with E-state index in [1.54, 1.807) is 26.4 Å². The van der Waals surface area contributed by atoms with Crippen molar-refractivity contribution in [1.29, 1.82) is 0 Å². The Balaban J connectivity index is 1.44. The number of benzene rings is 2. The van der Waals surface area contributed by atoms with Gasteiger partial charge in [-0.3, -0.25) is 9.69 Å². The summed E-state index contributed by atoms with van der Waals surface area (Å²) in [6, 6.07) is 12.4. The number of hydrogen-bond donors (Lipinski definition) is 1. The lowest BCUT2D eigenvalue weighted by atomic mass is 9.87. The van der Waals surface area contributed by atoms with Gasteiger partial charge in [-0.15, -0.1) is 0 Å². The van der Waals surface area contributed by atoms with Gasteiger partial charge in [0.15, 0.2) is 11.5 Å². The molecule has 2 atom stereocenters. The molecular formula is C28H37FN2O4. The number of carbonyl (C=O) groups excluding carboxylic acids is 1. The fraction of sp³-hybridized carbons (Fsp3) is 0.536. The number of carbonyl (C=O) groups is 1. The monoisotopic (exact) mass is 484 g/mol. The molecule has 190 valence electrons. The quantitative estimate of drug-likeness (QED) is 0.554. The van der Waals surface area contributed by atoms with Crippen LogP contribution in [0.15, 0.2) is 42.5 Å². The third kappa shape index (κ3) is 7.10. The first-order valence-corrected chi connectivity index (χ1v) is 12.7. The second-order valence-corrected chi connectivity index (χ2v) is 9.79. The Labute approximate surface area is 207 Å². The predicted octanol–water partition coefficient (Wildman–Crippen LogP) is 4.81. The first kappa shape index (κ1) is 25.3. The van der Waals surface area contributed by atoms with E-state index in [2.05, 4.69) is 10.2 Å². The largest absolute Gasteiger partial charge is 0.493 e. The van der Waals surface area contributed by atoms with Crippen LogP contribution in [0.2, 0.25) is 0 Å². The Morgan fingerprint density at radius 3 is 2.57 bits per heavy atom. The van der Waals surface area contributed by atoms with Gasteiger partial charge in [0.2, 0.25) is 5.91 Å². The average Bonchev–Trinajstić information content (AvgIpc) is 2.88. The number of nitrogens with one attached hydrogen (secondary N) is 1. The van der Waals surface area contributed by atoms with Gasteiger partial charge >= 0.3 is 0 Å². The second-order valence-electron chi connectivity index (χ2n) is 9.79. The lowest BCUT2D eigenvalue weighted by Crippen LogP contribution is -2.49. The first-order valence-electron chi connectivity index (χ1n) is 12.7. The summed E-state index contributed by atoms with van der Waals surface area (Å²) < 4.78 is 30.4. The van der Waals surface area contributed by atoms with E-state index in [0.29, 0.717) is 43.0 Å². The molecule has 4 rings (SSSR count). The van der Waals surface area contributed by atoms with Crippen molar-refractivity contribution in [3.63, 3.8) is 0 Å². The highest BCUT2D eigenvalue weighted by molar-refractivity contribution is 5.79. The molecule has 1 saturated heterocycles. The number of ether oxygens (including phenoxy) is 3. The van der Waals surface area contributed by atoms with Gasteiger partial charge in [0.25, 0.3) is 0 Å². The predicted molar refractivity (Wildman–Crippen MR) is 133 cm³/mol. The Kier molecular flexibility index (Phi) is 8.85. The molecule has 1 amide bonds. The maximum absolute atomic E-state index is 13.6. The second kappa shape index (κ2) is 12.2. The lowest BCUT2D eigenvalue weighted by Gasteiger charge is -2.38. The maximum atomic E-state index is 13.6. The molecule has 2 aliphatic rings. The summed E-state index contributed by atoms with van der Waals surface area (Å²) in [5.74, 6) is 1.79. The van der Waals surface area contributed by atoms with Crippen LogP contribution in [0, 0.1) is 17.7 Å². The smallest absolute Gasteiger partial charge is 0.224 e. The Hall–Kier alpha value is -2.80. The summed E-state index contributed by atoms with van der Waals surface area (Å²) in [4.78, 5) is 15.6. The molecule has 0 aromatic heterocycles. The zero-order valence-corrected chi connectivity index (χ0v) is 20.8. The third-order valence-electron chi connectivity index (χ3n) is 7.07. The molecule has 35 heavy (non-hydrogen) atoms. The molecule has 2 aromatic rings. The van der Waals surface area contributed by atoms with Gasteiger partial charge in [-0.25, -0.2) is 4.39 Å². The molecule has 7 heteroatoms. The minimum absolute atomic E-state index is 0.105. The summed E-state index contributed by atoms with van der Waals surface area (Å²) in [6.45, 7) is 2.64. The molecule has 2 aromatic carbocycles. The molecule has 0 spiro atoms. The van der Waals surface area contributed by atoms with E-state index in [1.165, 1.54) is 31.4 Å². The molecule has 0 radical (unpaired) electrons. The van der Waals surface area contributed by atoms with E-state index in [9.17, 15) is 9.18 Å². The van der Waals surface area contributed by atoms with Gasteiger partial charge in [-0.2, -0.15) is 0 Å². The van der Waals surface area contributed by atoms with Gasteiger partial charge < -0.3 is 19.5 Å². The highest BCUT2D eigenvalue weighted by atomic mass is 19.1. The first-order chi connectivity index (χ1) is 17.0. The molecule has 2 fully saturated rings. The normalized spacial score (nSPS) is 21.3. The molecule has 1 N–H and O–H groups in total. The fourth-order valence-electron chi connectivity index (χ4n) is 5.32. The SMILES string of the molecule is COc1ccc(CN2C[C@@H](COc3cccc(F)c3)C[C@@H](C(=O)NC3CCCCC3)C2)cc1OC. The molecule has 6 nitrogen and oxygen atoms in total. The molecule has 0 unspecified atom stereocenters. The van der Waals surface area contributed by atoms with Gasteiger partial charge in [0, 0.05) is 37.7 Å². The highest BCUT2D eigenvalue weighted by Crippen LogP contribution is 2.30. The van der Waals surface area contributed by atoms with Crippen LogP contribution in [-0.4, -0.2) is 50.8 Å². The minimum Gasteiger partial charge on any atom is -0.493 e. The Morgan fingerprint density at radius 1 is 1.03 bits per heavy atom. The number of likely N-dealkylation sites (tertiary alicyclic amines) is 1. The summed E-state index contributed by atoms with van der Waals surface area (Å²) in [6.07, 6.45) is 6.53. The van der Waals surface area contributed by atoms with Crippen molar-refractivity contribution in [2.24, 2.45) is 11.8 Å². The van der Waals surface area contributed by atoms with Crippen molar-refractivity contribution >= 4 is 5.91 Å². The topological polar surface area (TPSA) is 60.0 Å². The van der Waals surface area contributed by atoms with Crippen LogP contribution in [0.25, 0.3) is 0 Å². The van der Waals surface area contributed by atoms with Crippen molar-refractivity contribution in [3.05, 3.63) is 53.8 Å². The molecular weight excluding hydrogens is 447 g/mol. The zero-order chi connectivity index (χ0) is 24.6. The van der Waals surface area contributed by atoms with Gasteiger partial charge in [0.05, 0.1) is 26.7 Å². The Bertz CT molecular complexity index is 979. The molecule has 1 aliphatic carbocycles. The van der Waals surface area contributed by atoms with E-state index in [0.717, 1.165) is 31.4 Å². The number of methoxy groups -OCH3 is 2. The van der Waals surface area contributed by atoms with E-state index in [-0.39, 0.29) is 23.6 Å². The molecule has 1 heterocycles. The van der Waals surface area contributed by atoms with Crippen molar-refractivity contribution in [3.8, 4) is 17.2 Å². The number of hydrogen-bond acceptors (Lipinski definition) is 5. The van der Waals surface area contributed by atoms with Gasteiger partial charge in [0.1, 0.15) is 11.6 Å². The van der Waals surface area contributed by atoms with Crippen LogP contribution in [0.1, 0.15) is 44.1 Å². The van der Waals surface area contributed by atoms with Crippen molar-refractivity contribution in [2.75, 3.05) is 33.9 Å². The molecule has 0 bridgehead atoms. The number of nitrogens with zero attached hydrogens (tertiary/aromatic N) is 1.